The molecule has 0 aromatic heterocycles. The van der Waals surface area contributed by atoms with Crippen LogP contribution in [0.1, 0.15) is 29.6 Å². The molecule has 1 aliphatic rings. The van der Waals surface area contributed by atoms with Crippen LogP contribution in [0.2, 0.25) is 0 Å². The van der Waals surface area contributed by atoms with E-state index in [2.05, 4.69) is 0 Å². The van der Waals surface area contributed by atoms with Crippen LogP contribution < -0.4 is 4.74 Å². The third-order valence-corrected chi connectivity index (χ3v) is 3.00. The Labute approximate surface area is 107 Å². The molecule has 1 fully saturated rings. The molecule has 1 heterocycles. The summed E-state index contributed by atoms with van der Waals surface area (Å²) in [6.45, 7) is 1.11. The van der Waals surface area contributed by atoms with E-state index < -0.39 is 0 Å². The molecule has 1 aromatic rings. The standard InChI is InChI=1S/C14H18O4/c1-16-12-7-5-11(6-8-12)14(15)18-10-13-4-2-3-9-17-13/h5-8,13H,2-4,9-10H2,1H3/t13-/m0/s1. The van der Waals surface area contributed by atoms with Crippen LogP contribution in [0.4, 0.5) is 0 Å². The van der Waals surface area contributed by atoms with Crippen LogP contribution in [-0.4, -0.2) is 32.4 Å². The molecule has 2 rings (SSSR count). The number of benzene rings is 1. The molecule has 0 unspecified atom stereocenters. The zero-order valence-corrected chi connectivity index (χ0v) is 10.6. The van der Waals surface area contributed by atoms with Gasteiger partial charge in [0.2, 0.25) is 0 Å². The summed E-state index contributed by atoms with van der Waals surface area (Å²) in [5.74, 6) is 0.411. The van der Waals surface area contributed by atoms with Crippen molar-refractivity contribution in [2.75, 3.05) is 20.3 Å². The summed E-state index contributed by atoms with van der Waals surface area (Å²) in [6.07, 6.45) is 3.27. The maximum Gasteiger partial charge on any atom is 0.338 e. The number of methoxy groups -OCH3 is 1. The van der Waals surface area contributed by atoms with Gasteiger partial charge in [0.15, 0.2) is 0 Å². The van der Waals surface area contributed by atoms with Gasteiger partial charge in [-0.1, -0.05) is 0 Å². The maximum atomic E-state index is 11.8. The molecule has 98 valence electrons. The van der Waals surface area contributed by atoms with Gasteiger partial charge in [-0.05, 0) is 43.5 Å². The Morgan fingerprint density at radius 2 is 2.11 bits per heavy atom. The second-order valence-corrected chi connectivity index (χ2v) is 4.32. The van der Waals surface area contributed by atoms with Gasteiger partial charge in [0.1, 0.15) is 12.4 Å². The third-order valence-electron chi connectivity index (χ3n) is 3.00. The van der Waals surface area contributed by atoms with E-state index in [9.17, 15) is 4.79 Å². The first-order valence-electron chi connectivity index (χ1n) is 6.22. The van der Waals surface area contributed by atoms with Crippen molar-refractivity contribution in [3.63, 3.8) is 0 Å². The highest BCUT2D eigenvalue weighted by Crippen LogP contribution is 2.15. The minimum Gasteiger partial charge on any atom is -0.497 e. The lowest BCUT2D eigenvalue weighted by Crippen LogP contribution is -2.25. The molecule has 1 atom stereocenters. The fourth-order valence-electron chi connectivity index (χ4n) is 1.92. The van der Waals surface area contributed by atoms with E-state index in [1.165, 1.54) is 0 Å². The quantitative estimate of drug-likeness (QED) is 0.770. The molecule has 0 aliphatic carbocycles. The van der Waals surface area contributed by atoms with Gasteiger partial charge in [0, 0.05) is 6.61 Å². The van der Waals surface area contributed by atoms with Gasteiger partial charge in [-0.3, -0.25) is 0 Å². The van der Waals surface area contributed by atoms with Gasteiger partial charge < -0.3 is 14.2 Å². The minimum atomic E-state index is -0.313. The lowest BCUT2D eigenvalue weighted by Gasteiger charge is -2.22. The molecule has 0 bridgehead atoms. The Hall–Kier alpha value is -1.55. The first-order chi connectivity index (χ1) is 8.79. The van der Waals surface area contributed by atoms with Crippen LogP contribution in [0.25, 0.3) is 0 Å². The molecule has 0 radical (unpaired) electrons. The van der Waals surface area contributed by atoms with Gasteiger partial charge in [-0.25, -0.2) is 4.79 Å². The number of hydrogen-bond donors (Lipinski definition) is 0. The number of rotatable bonds is 4. The van der Waals surface area contributed by atoms with Crippen LogP contribution in [0.5, 0.6) is 5.75 Å². The number of ether oxygens (including phenoxy) is 3. The molecule has 1 saturated heterocycles. The first kappa shape index (κ1) is 12.9. The predicted octanol–water partition coefficient (Wildman–Crippen LogP) is 2.42. The number of carbonyl (C=O) groups is 1. The second kappa shape index (κ2) is 6.40. The molecule has 1 aromatic carbocycles. The lowest BCUT2D eigenvalue weighted by atomic mass is 10.1. The number of hydrogen-bond acceptors (Lipinski definition) is 4. The van der Waals surface area contributed by atoms with Gasteiger partial charge in [-0.2, -0.15) is 0 Å². The van der Waals surface area contributed by atoms with E-state index in [0.29, 0.717) is 12.2 Å². The Morgan fingerprint density at radius 1 is 1.33 bits per heavy atom. The zero-order valence-electron chi connectivity index (χ0n) is 10.6. The molecular weight excluding hydrogens is 232 g/mol. The summed E-state index contributed by atoms with van der Waals surface area (Å²) in [7, 11) is 1.59. The van der Waals surface area contributed by atoms with Crippen molar-refractivity contribution in [3.8, 4) is 5.75 Å². The van der Waals surface area contributed by atoms with E-state index in [1.54, 1.807) is 31.4 Å². The Bertz CT molecular complexity index is 379. The van der Waals surface area contributed by atoms with E-state index >= 15 is 0 Å². The molecule has 0 amide bonds. The van der Waals surface area contributed by atoms with Crippen LogP contribution in [0, 0.1) is 0 Å². The van der Waals surface area contributed by atoms with E-state index in [0.717, 1.165) is 31.6 Å². The maximum absolute atomic E-state index is 11.8. The summed E-state index contributed by atoms with van der Waals surface area (Å²) in [5.41, 5.74) is 0.534. The second-order valence-electron chi connectivity index (χ2n) is 4.32. The van der Waals surface area contributed by atoms with Crippen molar-refractivity contribution in [3.05, 3.63) is 29.8 Å². The molecule has 1 aliphatic heterocycles. The number of esters is 1. The average molecular weight is 250 g/mol. The van der Waals surface area contributed by atoms with Crippen molar-refractivity contribution in [1.29, 1.82) is 0 Å². The molecule has 0 saturated carbocycles. The molecule has 0 N–H and O–H groups in total. The summed E-state index contributed by atoms with van der Waals surface area (Å²) >= 11 is 0. The fraction of sp³-hybridized carbons (Fsp3) is 0.500. The molecule has 4 heteroatoms. The first-order valence-corrected chi connectivity index (χ1v) is 6.22. The minimum absolute atomic E-state index is 0.0564. The smallest absolute Gasteiger partial charge is 0.338 e. The zero-order chi connectivity index (χ0) is 12.8. The SMILES string of the molecule is COc1ccc(C(=O)OC[C@@H]2CCCCO2)cc1. The van der Waals surface area contributed by atoms with Gasteiger partial charge in [-0.15, -0.1) is 0 Å². The van der Waals surface area contributed by atoms with Crippen molar-refractivity contribution >= 4 is 5.97 Å². The monoisotopic (exact) mass is 250 g/mol. The third kappa shape index (κ3) is 3.47. The van der Waals surface area contributed by atoms with Gasteiger partial charge in [0.05, 0.1) is 18.8 Å². The fourth-order valence-corrected chi connectivity index (χ4v) is 1.92. The van der Waals surface area contributed by atoms with Crippen molar-refractivity contribution < 1.29 is 19.0 Å². The van der Waals surface area contributed by atoms with Crippen LogP contribution in [-0.2, 0) is 9.47 Å². The highest BCUT2D eigenvalue weighted by atomic mass is 16.6. The Balaban J connectivity index is 1.82. The molecule has 0 spiro atoms. The summed E-state index contributed by atoms with van der Waals surface area (Å²) in [5, 5.41) is 0. The van der Waals surface area contributed by atoms with Crippen molar-refractivity contribution in [2.24, 2.45) is 0 Å². The van der Waals surface area contributed by atoms with Crippen LogP contribution >= 0.6 is 0 Å². The van der Waals surface area contributed by atoms with E-state index in [4.69, 9.17) is 14.2 Å². The predicted molar refractivity (Wildman–Crippen MR) is 66.9 cm³/mol. The Kier molecular flexibility index (Phi) is 4.59. The summed E-state index contributed by atoms with van der Waals surface area (Å²) in [6, 6.07) is 6.88. The normalized spacial score (nSPS) is 19.3. The van der Waals surface area contributed by atoms with Crippen molar-refractivity contribution in [1.82, 2.24) is 0 Å². The molecular formula is C14H18O4. The summed E-state index contributed by atoms with van der Waals surface area (Å²) < 4.78 is 15.8. The van der Waals surface area contributed by atoms with Gasteiger partial charge in [0.25, 0.3) is 0 Å². The van der Waals surface area contributed by atoms with Crippen LogP contribution in [0.15, 0.2) is 24.3 Å². The molecule has 4 nitrogen and oxygen atoms in total. The van der Waals surface area contributed by atoms with E-state index in [1.807, 2.05) is 0 Å². The highest BCUT2D eigenvalue weighted by Gasteiger charge is 2.16. The van der Waals surface area contributed by atoms with E-state index in [-0.39, 0.29) is 12.1 Å². The summed E-state index contributed by atoms with van der Waals surface area (Å²) in [4.78, 5) is 11.8. The number of carbonyl (C=O) groups excluding carboxylic acids is 1. The van der Waals surface area contributed by atoms with Crippen LogP contribution in [0.3, 0.4) is 0 Å². The lowest BCUT2D eigenvalue weighted by molar-refractivity contribution is -0.0300. The largest absolute Gasteiger partial charge is 0.497 e. The Morgan fingerprint density at radius 3 is 2.72 bits per heavy atom. The average Bonchev–Trinajstić information content (AvgIpc) is 2.46. The molecule has 18 heavy (non-hydrogen) atoms. The van der Waals surface area contributed by atoms with Gasteiger partial charge >= 0.3 is 5.97 Å². The van der Waals surface area contributed by atoms with Crippen molar-refractivity contribution in [2.45, 2.75) is 25.4 Å². The highest BCUT2D eigenvalue weighted by molar-refractivity contribution is 5.89. The topological polar surface area (TPSA) is 44.8 Å².